The summed E-state index contributed by atoms with van der Waals surface area (Å²) in [5, 5.41) is 13.8. The Balaban J connectivity index is 1.82. The molecule has 1 aromatic heterocycles. The van der Waals surface area contributed by atoms with Crippen molar-refractivity contribution < 1.29 is 9.84 Å². The molecule has 6 nitrogen and oxygen atoms in total. The number of benzene rings is 1. The van der Waals surface area contributed by atoms with Gasteiger partial charge in [-0.1, -0.05) is 30.3 Å². The number of hydrogen-bond acceptors (Lipinski definition) is 4. The second-order valence-corrected chi connectivity index (χ2v) is 5.67. The zero-order valence-corrected chi connectivity index (χ0v) is 12.5. The molecule has 1 aliphatic heterocycles. The minimum Gasteiger partial charge on any atom is -0.388 e. The van der Waals surface area contributed by atoms with Crippen LogP contribution in [0.2, 0.25) is 0 Å². The quantitative estimate of drug-likeness (QED) is 0.895. The van der Waals surface area contributed by atoms with Crippen molar-refractivity contribution in [1.82, 2.24) is 14.3 Å². The summed E-state index contributed by atoms with van der Waals surface area (Å²) in [6, 6.07) is 9.73. The highest BCUT2D eigenvalue weighted by atomic mass is 16.5. The molecule has 0 unspecified atom stereocenters. The Morgan fingerprint density at radius 3 is 2.64 bits per heavy atom. The number of aliphatic hydroxyl groups is 1. The average molecular weight is 303 g/mol. The normalized spacial score (nSPS) is 16.0. The number of hydrogen-bond donors (Lipinski definition) is 1. The molecule has 2 heterocycles. The second-order valence-electron chi connectivity index (χ2n) is 5.67. The van der Waals surface area contributed by atoms with Crippen LogP contribution in [0.5, 0.6) is 0 Å². The molecule has 0 amide bonds. The lowest BCUT2D eigenvalue weighted by atomic mass is 10.0. The molecule has 0 radical (unpaired) electrons. The van der Waals surface area contributed by atoms with E-state index in [1.807, 2.05) is 30.3 Å². The van der Waals surface area contributed by atoms with Crippen LogP contribution in [0.4, 0.5) is 0 Å². The first-order valence-electron chi connectivity index (χ1n) is 7.67. The molecule has 2 aromatic rings. The van der Waals surface area contributed by atoms with Gasteiger partial charge >= 0.3 is 5.69 Å². The summed E-state index contributed by atoms with van der Waals surface area (Å²) >= 11 is 0. The Morgan fingerprint density at radius 1 is 1.23 bits per heavy atom. The first kappa shape index (κ1) is 15.0. The zero-order valence-electron chi connectivity index (χ0n) is 12.5. The molecule has 1 aliphatic rings. The third-order valence-electron chi connectivity index (χ3n) is 4.10. The maximum Gasteiger partial charge on any atom is 0.346 e. The van der Waals surface area contributed by atoms with E-state index in [2.05, 4.69) is 5.10 Å². The van der Waals surface area contributed by atoms with E-state index in [1.165, 1.54) is 4.68 Å². The van der Waals surface area contributed by atoms with Crippen molar-refractivity contribution in [3.8, 4) is 0 Å². The first-order chi connectivity index (χ1) is 10.8. The van der Waals surface area contributed by atoms with Crippen LogP contribution in [0.1, 0.15) is 24.2 Å². The third kappa shape index (κ3) is 3.28. The Kier molecular flexibility index (Phi) is 4.70. The van der Waals surface area contributed by atoms with Crippen molar-refractivity contribution in [2.45, 2.75) is 32.5 Å². The van der Waals surface area contributed by atoms with Crippen LogP contribution in [0, 0.1) is 5.92 Å². The van der Waals surface area contributed by atoms with Gasteiger partial charge in [0.2, 0.25) is 0 Å². The largest absolute Gasteiger partial charge is 0.388 e. The highest BCUT2D eigenvalue weighted by Crippen LogP contribution is 2.16. The SMILES string of the molecule is O=c1n(CC2CCOCC2)nc(CO)n1Cc1ccccc1. The van der Waals surface area contributed by atoms with Crippen molar-refractivity contribution in [1.29, 1.82) is 0 Å². The summed E-state index contributed by atoms with van der Waals surface area (Å²) in [5.41, 5.74) is 0.865. The minimum absolute atomic E-state index is 0.153. The van der Waals surface area contributed by atoms with Gasteiger partial charge in [0.25, 0.3) is 0 Å². The van der Waals surface area contributed by atoms with Crippen molar-refractivity contribution in [3.05, 3.63) is 52.2 Å². The van der Waals surface area contributed by atoms with Gasteiger partial charge in [-0.15, -0.1) is 0 Å². The van der Waals surface area contributed by atoms with E-state index >= 15 is 0 Å². The molecular weight excluding hydrogens is 282 g/mol. The van der Waals surface area contributed by atoms with Gasteiger partial charge in [0.15, 0.2) is 5.82 Å². The third-order valence-corrected chi connectivity index (χ3v) is 4.10. The highest BCUT2D eigenvalue weighted by molar-refractivity contribution is 5.15. The number of nitrogens with zero attached hydrogens (tertiary/aromatic N) is 3. The van der Waals surface area contributed by atoms with E-state index in [0.29, 0.717) is 24.8 Å². The van der Waals surface area contributed by atoms with Crippen molar-refractivity contribution in [2.24, 2.45) is 5.92 Å². The van der Waals surface area contributed by atoms with Crippen molar-refractivity contribution >= 4 is 0 Å². The predicted octanol–water partition coefficient (Wildman–Crippen LogP) is 1.01. The summed E-state index contributed by atoms with van der Waals surface area (Å²) in [7, 11) is 0. The molecule has 118 valence electrons. The maximum atomic E-state index is 12.5. The van der Waals surface area contributed by atoms with Gasteiger partial charge in [-0.3, -0.25) is 4.57 Å². The molecular formula is C16H21N3O3. The minimum atomic E-state index is -0.233. The van der Waals surface area contributed by atoms with E-state index in [4.69, 9.17) is 4.74 Å². The van der Waals surface area contributed by atoms with Crippen molar-refractivity contribution in [2.75, 3.05) is 13.2 Å². The van der Waals surface area contributed by atoms with Gasteiger partial charge in [-0.25, -0.2) is 9.48 Å². The number of rotatable bonds is 5. The lowest BCUT2D eigenvalue weighted by Crippen LogP contribution is -2.30. The van der Waals surface area contributed by atoms with Crippen LogP contribution in [0.15, 0.2) is 35.1 Å². The fourth-order valence-corrected chi connectivity index (χ4v) is 2.82. The van der Waals surface area contributed by atoms with Gasteiger partial charge < -0.3 is 9.84 Å². The molecule has 0 atom stereocenters. The van der Waals surface area contributed by atoms with Crippen LogP contribution in [-0.2, 0) is 24.4 Å². The summed E-state index contributed by atoms with van der Waals surface area (Å²) in [6.45, 7) is 2.29. The van der Waals surface area contributed by atoms with Crippen LogP contribution < -0.4 is 5.69 Å². The Morgan fingerprint density at radius 2 is 1.95 bits per heavy atom. The van der Waals surface area contributed by atoms with E-state index in [9.17, 15) is 9.90 Å². The number of ether oxygens (including phenoxy) is 1. The first-order valence-corrected chi connectivity index (χ1v) is 7.67. The highest BCUT2D eigenvalue weighted by Gasteiger charge is 2.19. The topological polar surface area (TPSA) is 69.3 Å². The summed E-state index contributed by atoms with van der Waals surface area (Å²) < 4.78 is 8.38. The summed E-state index contributed by atoms with van der Waals surface area (Å²) in [4.78, 5) is 12.5. The molecule has 3 rings (SSSR count). The fourth-order valence-electron chi connectivity index (χ4n) is 2.82. The fraction of sp³-hybridized carbons (Fsp3) is 0.500. The molecule has 22 heavy (non-hydrogen) atoms. The predicted molar refractivity (Wildman–Crippen MR) is 81.5 cm³/mol. The monoisotopic (exact) mass is 303 g/mol. The Labute approximate surface area is 129 Å². The molecule has 0 spiro atoms. The van der Waals surface area contributed by atoms with Gasteiger partial charge in [0.05, 0.1) is 6.54 Å². The number of aromatic nitrogens is 3. The molecule has 0 aliphatic carbocycles. The van der Waals surface area contributed by atoms with Gasteiger partial charge in [-0.2, -0.15) is 5.10 Å². The van der Waals surface area contributed by atoms with Gasteiger partial charge in [0.1, 0.15) is 6.61 Å². The molecule has 1 fully saturated rings. The van der Waals surface area contributed by atoms with Crippen LogP contribution in [0.3, 0.4) is 0 Å². The maximum absolute atomic E-state index is 12.5. The van der Waals surface area contributed by atoms with E-state index in [0.717, 1.165) is 31.6 Å². The smallest absolute Gasteiger partial charge is 0.346 e. The Hall–Kier alpha value is -1.92. The Bertz CT molecular complexity index is 657. The van der Waals surface area contributed by atoms with Crippen LogP contribution in [-0.4, -0.2) is 32.7 Å². The lowest BCUT2D eigenvalue weighted by Gasteiger charge is -2.21. The standard InChI is InChI=1S/C16H21N3O3/c20-12-15-17-19(11-14-6-8-22-9-7-14)16(21)18(15)10-13-4-2-1-3-5-13/h1-5,14,20H,6-12H2. The van der Waals surface area contributed by atoms with Gasteiger partial charge in [-0.05, 0) is 24.3 Å². The van der Waals surface area contributed by atoms with Crippen LogP contribution in [0.25, 0.3) is 0 Å². The van der Waals surface area contributed by atoms with Gasteiger partial charge in [0, 0.05) is 19.8 Å². The van der Waals surface area contributed by atoms with Crippen LogP contribution >= 0.6 is 0 Å². The number of aliphatic hydroxyl groups excluding tert-OH is 1. The van der Waals surface area contributed by atoms with E-state index in [1.54, 1.807) is 4.57 Å². The average Bonchev–Trinajstić information content (AvgIpc) is 2.86. The summed E-state index contributed by atoms with van der Waals surface area (Å²) in [5.74, 6) is 0.832. The molecule has 1 saturated heterocycles. The molecule has 0 saturated carbocycles. The lowest BCUT2D eigenvalue weighted by molar-refractivity contribution is 0.0597. The van der Waals surface area contributed by atoms with Crippen molar-refractivity contribution in [3.63, 3.8) is 0 Å². The zero-order chi connectivity index (χ0) is 15.4. The molecule has 0 bridgehead atoms. The van der Waals surface area contributed by atoms with E-state index < -0.39 is 0 Å². The summed E-state index contributed by atoms with van der Waals surface area (Å²) in [6.07, 6.45) is 1.90. The second kappa shape index (κ2) is 6.89. The molecule has 1 aromatic carbocycles. The molecule has 6 heteroatoms. The van der Waals surface area contributed by atoms with E-state index in [-0.39, 0.29) is 12.3 Å². The molecule has 1 N–H and O–H groups in total.